The number of hydrogen-bond acceptors (Lipinski definition) is 4. The maximum Gasteiger partial charge on any atom is 0.316 e. The topological polar surface area (TPSA) is 113 Å². The molecule has 1 heterocycles. The maximum atomic E-state index is 11.9. The molecule has 1 aromatic heterocycles. The zero-order chi connectivity index (χ0) is 20.4. The number of benzene rings is 1. The number of rotatable bonds is 3. The fourth-order valence-corrected chi connectivity index (χ4v) is 4.22. The molecule has 7 nitrogen and oxygen atoms in total. The summed E-state index contributed by atoms with van der Waals surface area (Å²) < 4.78 is 2.53. The van der Waals surface area contributed by atoms with Gasteiger partial charge in [0.15, 0.2) is 5.78 Å². The standard InChI is InChI=1S/C13H14N2O2.C7H12N2OS/c14-13(17)15-12-9-3-1-2-7(9)6-8-4-5-10(16)11(8)12;1-5(2)9-6(4-10)3-7(11)8-9/h6H,1-5H2,(H3,14,15,17);3,5,10H,4H2,1-2H3,(H,8,11). The average molecular weight is 403 g/mol. The van der Waals surface area contributed by atoms with Crippen molar-refractivity contribution in [3.05, 3.63) is 44.7 Å². The Hall–Kier alpha value is -2.45. The molecule has 0 radical (unpaired) electrons. The van der Waals surface area contributed by atoms with E-state index in [1.54, 1.807) is 6.07 Å². The largest absolute Gasteiger partial charge is 0.390 e. The van der Waals surface area contributed by atoms with Crippen molar-refractivity contribution in [3.8, 4) is 0 Å². The summed E-state index contributed by atoms with van der Waals surface area (Å²) in [6.07, 6.45) is 4.37. The minimum atomic E-state index is -0.591. The lowest BCUT2D eigenvalue weighted by atomic mass is 9.98. The summed E-state index contributed by atoms with van der Waals surface area (Å²) in [6, 6.07) is 3.63. The Balaban J connectivity index is 0.000000178. The molecule has 0 unspecified atom stereocenters. The highest BCUT2D eigenvalue weighted by molar-refractivity contribution is 7.71. The van der Waals surface area contributed by atoms with Crippen LogP contribution < -0.4 is 11.1 Å². The fraction of sp³-hybridized carbons (Fsp3) is 0.450. The first kappa shape index (κ1) is 20.3. The van der Waals surface area contributed by atoms with Crippen LogP contribution in [0.4, 0.5) is 10.5 Å². The Labute approximate surface area is 168 Å². The van der Waals surface area contributed by atoms with Crippen LogP contribution >= 0.6 is 12.2 Å². The number of carbonyl (C=O) groups excluding carboxylic acids is 2. The maximum absolute atomic E-state index is 11.9. The van der Waals surface area contributed by atoms with Crippen LogP contribution in [0.3, 0.4) is 0 Å². The molecular formula is C20H26N4O3S. The van der Waals surface area contributed by atoms with E-state index in [9.17, 15) is 9.59 Å². The number of primary amides is 1. The lowest BCUT2D eigenvalue weighted by Crippen LogP contribution is -2.22. The number of nitrogens with two attached hydrogens (primary N) is 1. The van der Waals surface area contributed by atoms with E-state index in [1.807, 2.05) is 18.5 Å². The number of nitrogens with one attached hydrogen (secondary N) is 2. The Morgan fingerprint density at radius 3 is 2.64 bits per heavy atom. The molecule has 8 heteroatoms. The van der Waals surface area contributed by atoms with Crippen LogP contribution in [0.15, 0.2) is 12.1 Å². The molecule has 0 aliphatic heterocycles. The van der Waals surface area contributed by atoms with Crippen molar-refractivity contribution in [1.29, 1.82) is 0 Å². The van der Waals surface area contributed by atoms with Gasteiger partial charge in [0, 0.05) is 18.0 Å². The number of ketones is 1. The third-order valence-corrected chi connectivity index (χ3v) is 5.36. The SMILES string of the molecule is CC(C)n1[nH]c(=S)cc1CO.NC(=O)Nc1c2c(cc3c1C(=O)CC3)CCC2. The molecule has 1 aromatic carbocycles. The van der Waals surface area contributed by atoms with Crippen LogP contribution in [0.25, 0.3) is 0 Å². The fourth-order valence-electron chi connectivity index (χ4n) is 3.98. The van der Waals surface area contributed by atoms with Gasteiger partial charge in [-0.2, -0.15) is 0 Å². The number of nitrogens with zero attached hydrogens (tertiary/aromatic N) is 1. The Morgan fingerprint density at radius 2 is 2.04 bits per heavy atom. The number of anilines is 1. The second kappa shape index (κ2) is 8.28. The van der Waals surface area contributed by atoms with Crippen LogP contribution in [0.2, 0.25) is 0 Å². The van der Waals surface area contributed by atoms with Crippen LogP contribution in [0.5, 0.6) is 0 Å². The number of H-pyrrole nitrogens is 1. The third kappa shape index (κ3) is 4.02. The van der Waals surface area contributed by atoms with Crippen LogP contribution in [-0.4, -0.2) is 26.7 Å². The van der Waals surface area contributed by atoms with Gasteiger partial charge in [-0.3, -0.25) is 14.6 Å². The summed E-state index contributed by atoms with van der Waals surface area (Å²) in [4.78, 5) is 23.0. The lowest BCUT2D eigenvalue weighted by molar-refractivity contribution is 0.0995. The summed E-state index contributed by atoms with van der Waals surface area (Å²) in [6.45, 7) is 4.10. The third-order valence-electron chi connectivity index (χ3n) is 5.15. The predicted octanol–water partition coefficient (Wildman–Crippen LogP) is 3.41. The number of aryl methyl sites for hydroxylation is 2. The second-order valence-corrected chi connectivity index (χ2v) is 7.86. The van der Waals surface area contributed by atoms with Gasteiger partial charge in [-0.05, 0) is 62.3 Å². The van der Waals surface area contributed by atoms with Gasteiger partial charge in [-0.25, -0.2) is 4.79 Å². The molecule has 2 aromatic rings. The first-order valence-electron chi connectivity index (χ1n) is 9.50. The first-order chi connectivity index (χ1) is 13.3. The van der Waals surface area contributed by atoms with Crippen molar-refractivity contribution < 1.29 is 14.7 Å². The smallest absolute Gasteiger partial charge is 0.316 e. The molecule has 0 atom stereocenters. The van der Waals surface area contributed by atoms with Gasteiger partial charge >= 0.3 is 6.03 Å². The summed E-state index contributed by atoms with van der Waals surface area (Å²) in [5.74, 6) is 0.124. The van der Waals surface area contributed by atoms with Crippen LogP contribution in [0.1, 0.15) is 65.5 Å². The molecule has 2 amide bonds. The van der Waals surface area contributed by atoms with Gasteiger partial charge in [0.05, 0.1) is 18.0 Å². The number of aliphatic hydroxyl groups excluding tert-OH is 1. The van der Waals surface area contributed by atoms with Crippen molar-refractivity contribution in [2.45, 2.75) is 58.6 Å². The van der Waals surface area contributed by atoms with Gasteiger partial charge in [0.1, 0.15) is 4.64 Å². The van der Waals surface area contributed by atoms with Crippen LogP contribution in [-0.2, 0) is 25.9 Å². The molecule has 2 aliphatic rings. The minimum absolute atomic E-state index is 0.0331. The van der Waals surface area contributed by atoms with E-state index in [-0.39, 0.29) is 12.4 Å². The van der Waals surface area contributed by atoms with E-state index in [4.69, 9.17) is 23.1 Å². The molecular weight excluding hydrogens is 376 g/mol. The molecule has 2 aliphatic carbocycles. The number of urea groups is 1. The number of hydrogen-bond donors (Lipinski definition) is 4. The monoisotopic (exact) mass is 402 g/mol. The molecule has 150 valence electrons. The van der Waals surface area contributed by atoms with Gasteiger partial charge in [-0.1, -0.05) is 18.3 Å². The normalized spacial score (nSPS) is 14.5. The highest BCUT2D eigenvalue weighted by atomic mass is 32.1. The molecule has 0 saturated heterocycles. The number of Topliss-reactive ketones (excluding diaryl/α,β-unsaturated/α-hetero) is 1. The van der Waals surface area contributed by atoms with E-state index in [1.165, 1.54) is 5.56 Å². The highest BCUT2D eigenvalue weighted by Crippen LogP contribution is 2.38. The zero-order valence-corrected chi connectivity index (χ0v) is 17.0. The summed E-state index contributed by atoms with van der Waals surface area (Å²) in [5.41, 5.74) is 10.9. The number of aromatic nitrogens is 2. The number of carbonyl (C=O) groups is 2. The molecule has 28 heavy (non-hydrogen) atoms. The van der Waals surface area contributed by atoms with Crippen molar-refractivity contribution in [2.24, 2.45) is 5.73 Å². The number of fused-ring (bicyclic) bond motifs is 2. The minimum Gasteiger partial charge on any atom is -0.390 e. The second-order valence-electron chi connectivity index (χ2n) is 7.42. The predicted molar refractivity (Wildman–Crippen MR) is 110 cm³/mol. The van der Waals surface area contributed by atoms with Crippen molar-refractivity contribution in [1.82, 2.24) is 9.78 Å². The van der Waals surface area contributed by atoms with Crippen molar-refractivity contribution in [2.75, 3.05) is 5.32 Å². The lowest BCUT2D eigenvalue weighted by Gasteiger charge is -2.13. The molecule has 0 bridgehead atoms. The highest BCUT2D eigenvalue weighted by Gasteiger charge is 2.29. The summed E-state index contributed by atoms with van der Waals surface area (Å²) in [5, 5.41) is 14.5. The van der Waals surface area contributed by atoms with E-state index in [0.29, 0.717) is 28.4 Å². The van der Waals surface area contributed by atoms with E-state index in [0.717, 1.165) is 42.5 Å². The van der Waals surface area contributed by atoms with Crippen LogP contribution in [0, 0.1) is 4.64 Å². The first-order valence-corrected chi connectivity index (χ1v) is 9.91. The number of amides is 2. The Kier molecular flexibility index (Phi) is 6.00. The van der Waals surface area contributed by atoms with Gasteiger partial charge in [-0.15, -0.1) is 0 Å². The van der Waals surface area contributed by atoms with E-state index >= 15 is 0 Å². The molecule has 0 fully saturated rings. The quantitative estimate of drug-likeness (QED) is 0.589. The molecule has 0 saturated carbocycles. The number of aliphatic hydroxyl groups is 1. The van der Waals surface area contributed by atoms with Gasteiger partial charge < -0.3 is 16.2 Å². The van der Waals surface area contributed by atoms with E-state index < -0.39 is 6.03 Å². The summed E-state index contributed by atoms with van der Waals surface area (Å²) in [7, 11) is 0. The van der Waals surface area contributed by atoms with E-state index in [2.05, 4.69) is 16.5 Å². The Bertz CT molecular complexity index is 975. The summed E-state index contributed by atoms with van der Waals surface area (Å²) >= 11 is 4.92. The van der Waals surface area contributed by atoms with Gasteiger partial charge in [0.2, 0.25) is 0 Å². The number of aromatic amines is 1. The Morgan fingerprint density at radius 1 is 1.29 bits per heavy atom. The molecule has 5 N–H and O–H groups in total. The molecule has 4 rings (SSSR count). The van der Waals surface area contributed by atoms with Crippen molar-refractivity contribution in [3.63, 3.8) is 0 Å². The molecule has 0 spiro atoms. The van der Waals surface area contributed by atoms with Gasteiger partial charge in [0.25, 0.3) is 0 Å². The zero-order valence-electron chi connectivity index (χ0n) is 16.2. The average Bonchev–Trinajstić information content (AvgIpc) is 3.33. The van der Waals surface area contributed by atoms with Crippen molar-refractivity contribution >= 4 is 29.7 Å².